The van der Waals surface area contributed by atoms with Gasteiger partial charge >= 0.3 is 0 Å². The molecule has 1 aromatic heterocycles. The first kappa shape index (κ1) is 23.0. The van der Waals surface area contributed by atoms with Gasteiger partial charge in [-0.25, -0.2) is 4.99 Å². The number of guanidine groups is 1. The van der Waals surface area contributed by atoms with Gasteiger partial charge in [0.1, 0.15) is 5.60 Å². The Labute approximate surface area is 189 Å². The average Bonchev–Trinajstić information content (AvgIpc) is 3.37. The van der Waals surface area contributed by atoms with Crippen LogP contribution in [0.5, 0.6) is 0 Å². The maximum Gasteiger partial charge on any atom is 0.191 e. The Morgan fingerprint density at radius 2 is 2.07 bits per heavy atom. The smallest absolute Gasteiger partial charge is 0.191 e. The van der Waals surface area contributed by atoms with Crippen LogP contribution in [0.25, 0.3) is 0 Å². The van der Waals surface area contributed by atoms with Crippen molar-refractivity contribution in [3.8, 4) is 0 Å². The summed E-state index contributed by atoms with van der Waals surface area (Å²) in [4.78, 5) is 7.06. The molecule has 3 rings (SSSR count). The average molecular weight is 514 g/mol. The fourth-order valence-corrected chi connectivity index (χ4v) is 4.13. The highest BCUT2D eigenvalue weighted by Crippen LogP contribution is 2.24. The van der Waals surface area contributed by atoms with Gasteiger partial charge in [-0.05, 0) is 60.7 Å². The zero-order valence-electron chi connectivity index (χ0n) is 16.6. The summed E-state index contributed by atoms with van der Waals surface area (Å²) in [7, 11) is 0. The lowest BCUT2D eigenvalue weighted by molar-refractivity contribution is 0.0677. The number of nitrogens with one attached hydrogen (secondary N) is 2. The number of hydrogen-bond donors (Lipinski definition) is 3. The summed E-state index contributed by atoms with van der Waals surface area (Å²) in [6, 6.07) is 12.5. The maximum absolute atomic E-state index is 10.7. The first-order valence-corrected chi connectivity index (χ1v) is 10.6. The molecule has 5 nitrogen and oxygen atoms in total. The van der Waals surface area contributed by atoms with Crippen LogP contribution in [-0.4, -0.2) is 43.8 Å². The quantitative estimate of drug-likeness (QED) is 0.300. The second-order valence-electron chi connectivity index (χ2n) is 7.30. The van der Waals surface area contributed by atoms with Crippen LogP contribution in [0.2, 0.25) is 0 Å². The Morgan fingerprint density at radius 1 is 1.29 bits per heavy atom. The minimum absolute atomic E-state index is 0. The molecule has 1 saturated heterocycles. The van der Waals surface area contributed by atoms with Gasteiger partial charge in [0.05, 0.1) is 6.54 Å². The Bertz CT molecular complexity index is 721. The van der Waals surface area contributed by atoms with E-state index in [1.165, 1.54) is 12.1 Å². The number of para-hydroxylation sites is 1. The summed E-state index contributed by atoms with van der Waals surface area (Å²) in [6.07, 6.45) is 1.17. The molecule has 28 heavy (non-hydrogen) atoms. The van der Waals surface area contributed by atoms with E-state index in [2.05, 4.69) is 57.8 Å². The van der Waals surface area contributed by atoms with Gasteiger partial charge in [0.25, 0.3) is 0 Å². The monoisotopic (exact) mass is 514 g/mol. The third-order valence-corrected chi connectivity index (χ3v) is 5.68. The van der Waals surface area contributed by atoms with Crippen molar-refractivity contribution in [3.63, 3.8) is 0 Å². The summed E-state index contributed by atoms with van der Waals surface area (Å²) >= 11 is 1.59. The van der Waals surface area contributed by atoms with Crippen molar-refractivity contribution in [1.29, 1.82) is 0 Å². The summed E-state index contributed by atoms with van der Waals surface area (Å²) in [5, 5.41) is 21.4. The number of anilines is 1. The maximum atomic E-state index is 10.7. The van der Waals surface area contributed by atoms with Crippen LogP contribution in [0.15, 0.2) is 52.2 Å². The van der Waals surface area contributed by atoms with E-state index in [4.69, 9.17) is 0 Å². The molecule has 0 saturated carbocycles. The SMILES string of the molecule is CCNC(=NCC(C)(O)c1ccsc1)NCC1CCN(c2ccccc2)C1.I. The second-order valence-corrected chi connectivity index (χ2v) is 8.08. The van der Waals surface area contributed by atoms with Crippen LogP contribution in [0.3, 0.4) is 0 Å². The molecule has 2 unspecified atom stereocenters. The van der Waals surface area contributed by atoms with Crippen molar-refractivity contribution >= 4 is 47.0 Å². The van der Waals surface area contributed by atoms with Gasteiger partial charge in [-0.2, -0.15) is 11.3 Å². The van der Waals surface area contributed by atoms with E-state index in [1.54, 1.807) is 11.3 Å². The molecule has 154 valence electrons. The first-order valence-electron chi connectivity index (χ1n) is 9.65. The number of rotatable bonds is 7. The molecule has 0 amide bonds. The van der Waals surface area contributed by atoms with Gasteiger partial charge in [0.15, 0.2) is 5.96 Å². The molecule has 7 heteroatoms. The zero-order chi connectivity index (χ0) is 19.1. The van der Waals surface area contributed by atoms with E-state index in [0.717, 1.165) is 37.7 Å². The van der Waals surface area contributed by atoms with Crippen LogP contribution in [0.4, 0.5) is 5.69 Å². The molecule has 1 fully saturated rings. The van der Waals surface area contributed by atoms with E-state index < -0.39 is 5.60 Å². The summed E-state index contributed by atoms with van der Waals surface area (Å²) < 4.78 is 0. The summed E-state index contributed by atoms with van der Waals surface area (Å²) in [5.74, 6) is 1.36. The third-order valence-electron chi connectivity index (χ3n) is 5.00. The normalized spacial score (nSPS) is 19.0. The summed E-state index contributed by atoms with van der Waals surface area (Å²) in [5.41, 5.74) is 1.27. The fraction of sp³-hybridized carbons (Fsp3) is 0.476. The number of benzene rings is 1. The first-order chi connectivity index (χ1) is 13.1. The molecular weight excluding hydrogens is 483 g/mol. The molecule has 0 radical (unpaired) electrons. The largest absolute Gasteiger partial charge is 0.383 e. The van der Waals surface area contributed by atoms with Gasteiger partial charge in [-0.1, -0.05) is 18.2 Å². The molecule has 1 aliphatic rings. The highest BCUT2D eigenvalue weighted by Gasteiger charge is 2.24. The van der Waals surface area contributed by atoms with Gasteiger partial charge in [0.2, 0.25) is 0 Å². The highest BCUT2D eigenvalue weighted by atomic mass is 127. The molecule has 3 N–H and O–H groups in total. The van der Waals surface area contributed by atoms with Crippen molar-refractivity contribution in [3.05, 3.63) is 52.7 Å². The molecule has 1 aliphatic heterocycles. The van der Waals surface area contributed by atoms with Crippen LogP contribution in [0, 0.1) is 5.92 Å². The molecular formula is C21H31IN4OS. The lowest BCUT2D eigenvalue weighted by atomic mass is 10.00. The number of halogens is 1. The van der Waals surface area contributed by atoms with E-state index in [-0.39, 0.29) is 24.0 Å². The highest BCUT2D eigenvalue weighted by molar-refractivity contribution is 14.0. The number of hydrogen-bond acceptors (Lipinski definition) is 4. The van der Waals surface area contributed by atoms with E-state index in [9.17, 15) is 5.11 Å². The van der Waals surface area contributed by atoms with Crippen molar-refractivity contribution in [2.75, 3.05) is 37.6 Å². The molecule has 2 atom stereocenters. The third kappa shape index (κ3) is 6.35. The number of nitrogens with zero attached hydrogens (tertiary/aromatic N) is 2. The minimum atomic E-state index is -0.945. The van der Waals surface area contributed by atoms with Crippen molar-refractivity contribution in [2.24, 2.45) is 10.9 Å². The zero-order valence-corrected chi connectivity index (χ0v) is 19.7. The molecule has 0 spiro atoms. The van der Waals surface area contributed by atoms with E-state index in [1.807, 2.05) is 23.8 Å². The van der Waals surface area contributed by atoms with Crippen LogP contribution in [0.1, 0.15) is 25.8 Å². The standard InChI is InChI=1S/C21H30N4OS.HI/c1-3-22-20(24-16-21(2,26)18-10-12-27-15-18)23-13-17-9-11-25(14-17)19-7-5-4-6-8-19;/h4-8,10,12,15,17,26H,3,9,11,13-14,16H2,1-2H3,(H2,22,23,24);1H. The molecule has 1 aromatic carbocycles. The minimum Gasteiger partial charge on any atom is -0.383 e. The molecule has 2 aromatic rings. The Balaban J connectivity index is 0.00000280. The van der Waals surface area contributed by atoms with Crippen LogP contribution < -0.4 is 15.5 Å². The number of aliphatic hydroxyl groups is 1. The van der Waals surface area contributed by atoms with Crippen molar-refractivity contribution < 1.29 is 5.11 Å². The van der Waals surface area contributed by atoms with Crippen LogP contribution in [-0.2, 0) is 5.60 Å². The Morgan fingerprint density at radius 3 is 2.75 bits per heavy atom. The fourth-order valence-electron chi connectivity index (χ4n) is 3.35. The number of thiophene rings is 1. The Kier molecular flexibility index (Phi) is 9.04. The Hall–Kier alpha value is -1.32. The lowest BCUT2D eigenvalue weighted by Crippen LogP contribution is -2.41. The van der Waals surface area contributed by atoms with Gasteiger partial charge < -0.3 is 20.6 Å². The predicted octanol–water partition coefficient (Wildman–Crippen LogP) is 3.66. The summed E-state index contributed by atoms with van der Waals surface area (Å²) in [6.45, 7) is 8.04. The lowest BCUT2D eigenvalue weighted by Gasteiger charge is -2.22. The van der Waals surface area contributed by atoms with Crippen molar-refractivity contribution in [2.45, 2.75) is 25.9 Å². The molecule has 0 bridgehead atoms. The topological polar surface area (TPSA) is 59.9 Å². The number of aliphatic imine (C=N–C) groups is 1. The van der Waals surface area contributed by atoms with E-state index >= 15 is 0 Å². The van der Waals surface area contributed by atoms with Gasteiger partial charge in [-0.15, -0.1) is 24.0 Å². The molecule has 0 aliphatic carbocycles. The van der Waals surface area contributed by atoms with Crippen LogP contribution >= 0.6 is 35.3 Å². The van der Waals surface area contributed by atoms with Crippen molar-refractivity contribution in [1.82, 2.24) is 10.6 Å². The van der Waals surface area contributed by atoms with Gasteiger partial charge in [0, 0.05) is 31.9 Å². The second kappa shape index (κ2) is 11.0. The van der Waals surface area contributed by atoms with Gasteiger partial charge in [-0.3, -0.25) is 0 Å². The predicted molar refractivity (Wildman–Crippen MR) is 130 cm³/mol. The molecule has 2 heterocycles. The van der Waals surface area contributed by atoms with E-state index in [0.29, 0.717) is 12.5 Å².